The summed E-state index contributed by atoms with van der Waals surface area (Å²) in [4.78, 5) is 12.1. The molecule has 0 aliphatic carbocycles. The number of hydrogen-bond acceptors (Lipinski definition) is 3. The van der Waals surface area contributed by atoms with Crippen LogP contribution in [-0.4, -0.2) is 14.3 Å². The van der Waals surface area contributed by atoms with Gasteiger partial charge in [-0.1, -0.05) is 35.9 Å². The number of anilines is 1. The van der Waals surface area contributed by atoms with Crippen LogP contribution in [0.3, 0.4) is 0 Å². The smallest absolute Gasteiger partial charge is 0.262 e. The number of nitrogens with one attached hydrogen (secondary N) is 2. The number of sulfonamides is 1. The maximum atomic E-state index is 13.4. The lowest BCUT2D eigenvalue weighted by atomic mass is 10.1. The van der Waals surface area contributed by atoms with E-state index in [1.54, 1.807) is 36.4 Å². The third-order valence-corrected chi connectivity index (χ3v) is 5.60. The minimum absolute atomic E-state index is 0.00541. The van der Waals surface area contributed by atoms with Gasteiger partial charge >= 0.3 is 0 Å². The molecule has 0 saturated heterocycles. The number of carbonyl (C=O) groups excluding carboxylic acids is 1. The van der Waals surface area contributed by atoms with Crippen molar-refractivity contribution in [3.63, 3.8) is 0 Å². The molecule has 1 amide bonds. The maximum absolute atomic E-state index is 13.4. The fraction of sp³-hybridized carbons (Fsp3) is 0.0500. The zero-order valence-electron chi connectivity index (χ0n) is 14.8. The lowest BCUT2D eigenvalue weighted by molar-refractivity contribution is 0.0952. The van der Waals surface area contributed by atoms with Crippen LogP contribution < -0.4 is 10.0 Å². The number of halogens is 3. The van der Waals surface area contributed by atoms with E-state index in [1.807, 2.05) is 0 Å². The van der Waals surface area contributed by atoms with Crippen molar-refractivity contribution >= 4 is 33.2 Å². The molecule has 9 heteroatoms. The molecule has 3 aromatic rings. The lowest BCUT2D eigenvalue weighted by Crippen LogP contribution is -2.25. The van der Waals surface area contributed by atoms with Crippen LogP contribution in [0.5, 0.6) is 0 Å². The number of rotatable bonds is 6. The van der Waals surface area contributed by atoms with Crippen molar-refractivity contribution in [2.24, 2.45) is 0 Å². The molecule has 29 heavy (non-hydrogen) atoms. The van der Waals surface area contributed by atoms with E-state index < -0.39 is 32.5 Å². The van der Waals surface area contributed by atoms with Crippen molar-refractivity contribution in [1.82, 2.24) is 5.32 Å². The molecule has 0 radical (unpaired) electrons. The largest absolute Gasteiger partial charge is 0.348 e. The summed E-state index contributed by atoms with van der Waals surface area (Å²) in [5, 5.41) is 3.26. The van der Waals surface area contributed by atoms with Crippen LogP contribution in [-0.2, 0) is 16.6 Å². The summed E-state index contributed by atoms with van der Waals surface area (Å²) in [6, 6.07) is 15.1. The van der Waals surface area contributed by atoms with Crippen LogP contribution in [0.25, 0.3) is 0 Å². The van der Waals surface area contributed by atoms with Crippen molar-refractivity contribution in [2.45, 2.75) is 11.4 Å². The Morgan fingerprint density at radius 1 is 0.931 bits per heavy atom. The molecule has 0 aliphatic rings. The Kier molecular flexibility index (Phi) is 6.14. The van der Waals surface area contributed by atoms with Crippen molar-refractivity contribution in [1.29, 1.82) is 0 Å². The van der Waals surface area contributed by atoms with E-state index in [9.17, 15) is 22.0 Å². The van der Waals surface area contributed by atoms with Crippen LogP contribution in [0.2, 0.25) is 5.02 Å². The SMILES string of the molecule is O=C(NCc1ccc(Cl)cc1)c1ccccc1NS(=O)(=O)c1ccc(F)c(F)c1. The van der Waals surface area contributed by atoms with Gasteiger partial charge in [-0.15, -0.1) is 0 Å². The van der Waals surface area contributed by atoms with E-state index in [2.05, 4.69) is 10.0 Å². The molecule has 3 aromatic carbocycles. The minimum atomic E-state index is -4.23. The fourth-order valence-corrected chi connectivity index (χ4v) is 3.71. The molecule has 0 saturated carbocycles. The second-order valence-electron chi connectivity index (χ2n) is 6.04. The number of para-hydroxylation sites is 1. The van der Waals surface area contributed by atoms with Crippen molar-refractivity contribution < 1.29 is 22.0 Å². The van der Waals surface area contributed by atoms with Gasteiger partial charge in [0.2, 0.25) is 0 Å². The van der Waals surface area contributed by atoms with Gasteiger partial charge in [-0.05, 0) is 48.0 Å². The highest BCUT2D eigenvalue weighted by Crippen LogP contribution is 2.21. The molecular weight excluding hydrogens is 422 g/mol. The first-order chi connectivity index (χ1) is 13.8. The maximum Gasteiger partial charge on any atom is 0.262 e. The number of hydrogen-bond donors (Lipinski definition) is 2. The molecule has 150 valence electrons. The molecule has 0 bridgehead atoms. The Hall–Kier alpha value is -2.97. The Bertz CT molecular complexity index is 1150. The van der Waals surface area contributed by atoms with Gasteiger partial charge in [-0.2, -0.15) is 0 Å². The zero-order valence-corrected chi connectivity index (χ0v) is 16.4. The standard InChI is InChI=1S/C20H15ClF2N2O3S/c21-14-7-5-13(6-8-14)12-24-20(26)16-3-1-2-4-19(16)25-29(27,28)15-9-10-17(22)18(23)11-15/h1-11,25H,12H2,(H,24,26). The highest BCUT2D eigenvalue weighted by Gasteiger charge is 2.20. The van der Waals surface area contributed by atoms with E-state index >= 15 is 0 Å². The first-order valence-corrected chi connectivity index (χ1v) is 10.2. The molecule has 0 spiro atoms. The average Bonchev–Trinajstić information content (AvgIpc) is 2.69. The normalized spacial score (nSPS) is 11.1. The van der Waals surface area contributed by atoms with Crippen LogP contribution in [0.15, 0.2) is 71.6 Å². The van der Waals surface area contributed by atoms with E-state index in [-0.39, 0.29) is 17.8 Å². The topological polar surface area (TPSA) is 75.3 Å². The highest BCUT2D eigenvalue weighted by atomic mass is 35.5. The summed E-state index contributed by atoms with van der Waals surface area (Å²) >= 11 is 5.82. The Morgan fingerprint density at radius 2 is 1.62 bits per heavy atom. The fourth-order valence-electron chi connectivity index (χ4n) is 2.50. The molecule has 3 rings (SSSR count). The summed E-state index contributed by atoms with van der Waals surface area (Å²) < 4.78 is 53.7. The second-order valence-corrected chi connectivity index (χ2v) is 8.15. The van der Waals surface area contributed by atoms with E-state index in [0.717, 1.165) is 11.6 Å². The summed E-state index contributed by atoms with van der Waals surface area (Å²) in [6.45, 7) is 0.209. The van der Waals surface area contributed by atoms with Crippen molar-refractivity contribution in [2.75, 3.05) is 4.72 Å². The zero-order chi connectivity index (χ0) is 21.0. The summed E-state index contributed by atoms with van der Waals surface area (Å²) in [5.74, 6) is -2.96. The van der Waals surface area contributed by atoms with Crippen LogP contribution in [0, 0.1) is 11.6 Å². The Balaban J connectivity index is 1.79. The summed E-state index contributed by atoms with van der Waals surface area (Å²) in [7, 11) is -4.23. The number of amides is 1. The van der Waals surface area contributed by atoms with E-state index in [4.69, 9.17) is 11.6 Å². The molecule has 0 aliphatic heterocycles. The molecular formula is C20H15ClF2N2O3S. The molecule has 0 aromatic heterocycles. The van der Waals surface area contributed by atoms with Gasteiger partial charge in [0.15, 0.2) is 11.6 Å². The minimum Gasteiger partial charge on any atom is -0.348 e. The predicted octanol–water partition coefficient (Wildman–Crippen LogP) is 4.35. The molecule has 5 nitrogen and oxygen atoms in total. The first kappa shape index (κ1) is 20.8. The second kappa shape index (κ2) is 8.59. The first-order valence-electron chi connectivity index (χ1n) is 8.36. The third-order valence-electron chi connectivity index (χ3n) is 3.98. The van der Waals surface area contributed by atoms with Crippen LogP contribution >= 0.6 is 11.6 Å². The molecule has 0 fully saturated rings. The van der Waals surface area contributed by atoms with Gasteiger partial charge in [-0.3, -0.25) is 9.52 Å². The van der Waals surface area contributed by atoms with Gasteiger partial charge in [0.05, 0.1) is 16.1 Å². The van der Waals surface area contributed by atoms with E-state index in [0.29, 0.717) is 17.2 Å². The van der Waals surface area contributed by atoms with Crippen molar-refractivity contribution in [3.8, 4) is 0 Å². The summed E-state index contributed by atoms with van der Waals surface area (Å²) in [5.41, 5.74) is 0.890. The molecule has 0 unspecified atom stereocenters. The van der Waals surface area contributed by atoms with Gasteiger partial charge < -0.3 is 5.32 Å². The van der Waals surface area contributed by atoms with Gasteiger partial charge in [0.1, 0.15) is 0 Å². The van der Waals surface area contributed by atoms with Crippen LogP contribution in [0.1, 0.15) is 15.9 Å². The quantitative estimate of drug-likeness (QED) is 0.603. The van der Waals surface area contributed by atoms with E-state index in [1.165, 1.54) is 12.1 Å². The van der Waals surface area contributed by atoms with Gasteiger partial charge in [0, 0.05) is 11.6 Å². The number of benzene rings is 3. The highest BCUT2D eigenvalue weighted by molar-refractivity contribution is 7.92. The summed E-state index contributed by atoms with van der Waals surface area (Å²) in [6.07, 6.45) is 0. The van der Waals surface area contributed by atoms with Crippen LogP contribution in [0.4, 0.5) is 14.5 Å². The molecule has 0 atom stereocenters. The number of carbonyl (C=O) groups is 1. The predicted molar refractivity (Wildman–Crippen MR) is 106 cm³/mol. The molecule has 2 N–H and O–H groups in total. The molecule has 0 heterocycles. The Labute approximate surface area is 171 Å². The van der Waals surface area contributed by atoms with Crippen molar-refractivity contribution in [3.05, 3.63) is 94.5 Å². The lowest BCUT2D eigenvalue weighted by Gasteiger charge is -2.13. The van der Waals surface area contributed by atoms with Gasteiger partial charge in [-0.25, -0.2) is 17.2 Å². The third kappa shape index (κ3) is 5.10. The Morgan fingerprint density at radius 3 is 2.31 bits per heavy atom. The average molecular weight is 437 g/mol. The van der Waals surface area contributed by atoms with Gasteiger partial charge in [0.25, 0.3) is 15.9 Å². The monoisotopic (exact) mass is 436 g/mol.